The lowest BCUT2D eigenvalue weighted by Crippen LogP contribution is -2.22. The minimum absolute atomic E-state index is 0.0942. The van der Waals surface area contributed by atoms with E-state index in [4.69, 9.17) is 4.74 Å². The van der Waals surface area contributed by atoms with Gasteiger partial charge in [-0.05, 0) is 31.5 Å². The normalized spacial score (nSPS) is 10.9. The summed E-state index contributed by atoms with van der Waals surface area (Å²) in [7, 11) is 1.63. The Labute approximate surface area is 131 Å². The van der Waals surface area contributed by atoms with Gasteiger partial charge in [-0.25, -0.2) is 0 Å². The van der Waals surface area contributed by atoms with E-state index in [1.165, 1.54) is 11.3 Å². The van der Waals surface area contributed by atoms with Gasteiger partial charge in [0.25, 0.3) is 5.91 Å². The topological polar surface area (TPSA) is 68.5 Å². The molecule has 2 heterocycles. The molecule has 7 heteroatoms. The number of thiazole rings is 1. The van der Waals surface area contributed by atoms with Crippen LogP contribution in [-0.2, 0) is 6.54 Å². The molecule has 1 N–H and O–H groups in total. The summed E-state index contributed by atoms with van der Waals surface area (Å²) in [5.41, 5.74) is 1.89. The van der Waals surface area contributed by atoms with Crippen LogP contribution in [0.3, 0.4) is 0 Å². The Morgan fingerprint density at radius 3 is 2.64 bits per heavy atom. The molecule has 0 spiro atoms. The van der Waals surface area contributed by atoms with Gasteiger partial charge in [0.05, 0.1) is 7.11 Å². The van der Waals surface area contributed by atoms with Gasteiger partial charge in [-0.3, -0.25) is 9.20 Å². The predicted octanol–water partition coefficient (Wildman–Crippen LogP) is 2.35. The average Bonchev–Trinajstić information content (AvgIpc) is 3.06. The maximum absolute atomic E-state index is 12.4. The van der Waals surface area contributed by atoms with Crippen molar-refractivity contribution in [1.82, 2.24) is 19.9 Å². The molecule has 114 valence electrons. The van der Waals surface area contributed by atoms with E-state index >= 15 is 0 Å². The van der Waals surface area contributed by atoms with Gasteiger partial charge < -0.3 is 10.1 Å². The van der Waals surface area contributed by atoms with Gasteiger partial charge in [0, 0.05) is 12.2 Å². The molecule has 0 fully saturated rings. The zero-order valence-electron chi connectivity index (χ0n) is 12.6. The van der Waals surface area contributed by atoms with E-state index in [9.17, 15) is 4.79 Å². The molecule has 6 nitrogen and oxygen atoms in total. The Morgan fingerprint density at radius 2 is 2.00 bits per heavy atom. The first-order chi connectivity index (χ1) is 10.6. The molecule has 0 atom stereocenters. The van der Waals surface area contributed by atoms with E-state index < -0.39 is 0 Å². The van der Waals surface area contributed by atoms with E-state index in [0.29, 0.717) is 11.4 Å². The van der Waals surface area contributed by atoms with Crippen LogP contribution < -0.4 is 10.1 Å². The molecule has 1 aromatic carbocycles. The number of rotatable bonds is 4. The number of hydrogen-bond donors (Lipinski definition) is 1. The lowest BCUT2D eigenvalue weighted by molar-refractivity contribution is 0.0954. The molecule has 0 aliphatic rings. The summed E-state index contributed by atoms with van der Waals surface area (Å²) >= 11 is 1.35. The minimum Gasteiger partial charge on any atom is -0.497 e. The second kappa shape index (κ2) is 5.76. The fraction of sp³-hybridized carbons (Fsp3) is 0.267. The van der Waals surface area contributed by atoms with Crippen LogP contribution >= 0.6 is 11.3 Å². The lowest BCUT2D eigenvalue weighted by atomic mass is 10.2. The summed E-state index contributed by atoms with van der Waals surface area (Å²) in [6.07, 6.45) is 0. The molecule has 0 saturated heterocycles. The van der Waals surface area contributed by atoms with Crippen LogP contribution in [0.2, 0.25) is 0 Å². The zero-order valence-corrected chi connectivity index (χ0v) is 13.4. The number of ether oxygens (including phenoxy) is 1. The highest BCUT2D eigenvalue weighted by molar-refractivity contribution is 7.19. The Kier molecular flexibility index (Phi) is 3.81. The monoisotopic (exact) mass is 316 g/mol. The van der Waals surface area contributed by atoms with Crippen molar-refractivity contribution in [1.29, 1.82) is 0 Å². The molecule has 3 rings (SSSR count). The smallest absolute Gasteiger partial charge is 0.263 e. The van der Waals surface area contributed by atoms with Crippen molar-refractivity contribution >= 4 is 22.2 Å². The SMILES string of the molecule is COc1ccc(CNC(=O)c2sc3nnc(C)n3c2C)cc1. The van der Waals surface area contributed by atoms with Gasteiger partial charge in [-0.2, -0.15) is 0 Å². The lowest BCUT2D eigenvalue weighted by Gasteiger charge is -2.06. The van der Waals surface area contributed by atoms with E-state index in [1.807, 2.05) is 42.5 Å². The molecule has 0 radical (unpaired) electrons. The molecule has 3 aromatic rings. The third kappa shape index (κ3) is 2.55. The van der Waals surface area contributed by atoms with Crippen LogP contribution in [-0.4, -0.2) is 27.6 Å². The van der Waals surface area contributed by atoms with Crippen molar-refractivity contribution < 1.29 is 9.53 Å². The number of aryl methyl sites for hydroxylation is 2. The number of aromatic nitrogens is 3. The molecule has 0 bridgehead atoms. The highest BCUT2D eigenvalue weighted by Crippen LogP contribution is 2.22. The summed E-state index contributed by atoms with van der Waals surface area (Å²) in [5.74, 6) is 1.49. The molecular weight excluding hydrogens is 300 g/mol. The molecule has 1 amide bonds. The maximum atomic E-state index is 12.4. The number of hydrogen-bond acceptors (Lipinski definition) is 5. The largest absolute Gasteiger partial charge is 0.497 e. The van der Waals surface area contributed by atoms with E-state index in [-0.39, 0.29) is 5.91 Å². The minimum atomic E-state index is -0.0942. The van der Waals surface area contributed by atoms with Crippen LogP contribution in [0.25, 0.3) is 4.96 Å². The van der Waals surface area contributed by atoms with Crippen molar-refractivity contribution in [3.05, 3.63) is 46.2 Å². The number of fused-ring (bicyclic) bond motifs is 1. The van der Waals surface area contributed by atoms with Crippen LogP contribution in [0, 0.1) is 13.8 Å². The Balaban J connectivity index is 1.74. The number of nitrogens with zero attached hydrogens (tertiary/aromatic N) is 3. The third-order valence-corrected chi connectivity index (χ3v) is 4.60. The second-order valence-electron chi connectivity index (χ2n) is 4.91. The second-order valence-corrected chi connectivity index (χ2v) is 5.89. The number of nitrogens with one attached hydrogen (secondary N) is 1. The van der Waals surface area contributed by atoms with Crippen LogP contribution in [0.15, 0.2) is 24.3 Å². The summed E-state index contributed by atoms with van der Waals surface area (Å²) < 4.78 is 7.01. The maximum Gasteiger partial charge on any atom is 0.263 e. The van der Waals surface area contributed by atoms with Gasteiger partial charge in [0.2, 0.25) is 4.96 Å². The fourth-order valence-electron chi connectivity index (χ4n) is 2.28. The first-order valence-electron chi connectivity index (χ1n) is 6.82. The first-order valence-corrected chi connectivity index (χ1v) is 7.64. The van der Waals surface area contributed by atoms with Crippen molar-refractivity contribution in [2.75, 3.05) is 7.11 Å². The van der Waals surface area contributed by atoms with Crippen molar-refractivity contribution in [3.63, 3.8) is 0 Å². The molecule has 22 heavy (non-hydrogen) atoms. The first kappa shape index (κ1) is 14.5. The van der Waals surface area contributed by atoms with E-state index in [1.54, 1.807) is 7.11 Å². The molecule has 0 aliphatic heterocycles. The number of carbonyl (C=O) groups excluding carboxylic acids is 1. The standard InChI is InChI=1S/C15H16N4O2S/c1-9-13(22-15-18-17-10(2)19(9)15)14(20)16-8-11-4-6-12(21-3)7-5-11/h4-7H,8H2,1-3H3,(H,16,20). The van der Waals surface area contributed by atoms with Crippen molar-refractivity contribution in [2.45, 2.75) is 20.4 Å². The van der Waals surface area contributed by atoms with Gasteiger partial charge >= 0.3 is 0 Å². The van der Waals surface area contributed by atoms with Crippen molar-refractivity contribution in [3.8, 4) is 5.75 Å². The summed E-state index contributed by atoms with van der Waals surface area (Å²) in [4.78, 5) is 13.8. The van der Waals surface area contributed by atoms with E-state index in [0.717, 1.165) is 27.8 Å². The summed E-state index contributed by atoms with van der Waals surface area (Å²) in [6.45, 7) is 4.25. The fourth-order valence-corrected chi connectivity index (χ4v) is 3.31. The van der Waals surface area contributed by atoms with Gasteiger partial charge in [0.1, 0.15) is 16.5 Å². The highest BCUT2D eigenvalue weighted by atomic mass is 32.1. The van der Waals surface area contributed by atoms with Crippen LogP contribution in [0.4, 0.5) is 0 Å². The Bertz CT molecular complexity index is 820. The quantitative estimate of drug-likeness (QED) is 0.802. The molecule has 0 unspecified atom stereocenters. The number of methoxy groups -OCH3 is 1. The Hall–Kier alpha value is -2.41. The van der Waals surface area contributed by atoms with Gasteiger partial charge in [-0.15, -0.1) is 10.2 Å². The molecular formula is C15H16N4O2S. The Morgan fingerprint density at radius 1 is 1.27 bits per heavy atom. The van der Waals surface area contributed by atoms with Crippen LogP contribution in [0.5, 0.6) is 5.75 Å². The number of amides is 1. The van der Waals surface area contributed by atoms with Gasteiger partial charge in [-0.1, -0.05) is 23.5 Å². The molecule has 0 aliphatic carbocycles. The van der Waals surface area contributed by atoms with Crippen molar-refractivity contribution in [2.24, 2.45) is 0 Å². The molecule has 2 aromatic heterocycles. The number of benzene rings is 1. The number of carbonyl (C=O) groups is 1. The third-order valence-electron chi connectivity index (χ3n) is 3.47. The summed E-state index contributed by atoms with van der Waals surface area (Å²) in [6, 6.07) is 7.62. The summed E-state index contributed by atoms with van der Waals surface area (Å²) in [5, 5.41) is 11.0. The zero-order chi connectivity index (χ0) is 15.7. The molecule has 0 saturated carbocycles. The van der Waals surface area contributed by atoms with E-state index in [2.05, 4.69) is 15.5 Å². The van der Waals surface area contributed by atoms with Gasteiger partial charge in [0.15, 0.2) is 0 Å². The highest BCUT2D eigenvalue weighted by Gasteiger charge is 2.18. The predicted molar refractivity (Wildman–Crippen MR) is 84.5 cm³/mol. The average molecular weight is 316 g/mol. The van der Waals surface area contributed by atoms with Crippen LogP contribution in [0.1, 0.15) is 26.8 Å².